The molecule has 0 fully saturated rings. The van der Waals surface area contributed by atoms with Crippen LogP contribution < -0.4 is 4.74 Å². The molecule has 70 valence electrons. The molecule has 0 amide bonds. The Labute approximate surface area is 84.0 Å². The lowest BCUT2D eigenvalue weighted by Crippen LogP contribution is -1.96. The lowest BCUT2D eigenvalue weighted by Gasteiger charge is -2.07. The highest BCUT2D eigenvalue weighted by Gasteiger charge is 1.99. The molecule has 0 spiro atoms. The number of hydrogen-bond acceptors (Lipinski definition) is 1. The first kappa shape index (κ1) is 10.1. The van der Waals surface area contributed by atoms with Crippen LogP contribution in [0.1, 0.15) is 12.0 Å². The van der Waals surface area contributed by atoms with Gasteiger partial charge >= 0.3 is 0 Å². The maximum Gasteiger partial charge on any atom is 0.123 e. The van der Waals surface area contributed by atoms with E-state index in [2.05, 4.69) is 6.58 Å². The molecule has 0 radical (unpaired) electrons. The van der Waals surface area contributed by atoms with Gasteiger partial charge < -0.3 is 4.74 Å². The van der Waals surface area contributed by atoms with E-state index in [1.54, 1.807) is 0 Å². The van der Waals surface area contributed by atoms with E-state index in [0.29, 0.717) is 11.6 Å². The molecule has 0 saturated heterocycles. The van der Waals surface area contributed by atoms with Crippen molar-refractivity contribution in [2.45, 2.75) is 13.3 Å². The van der Waals surface area contributed by atoms with E-state index in [0.717, 1.165) is 17.7 Å². The number of rotatable bonds is 4. The first-order valence-electron chi connectivity index (χ1n) is 4.24. The summed E-state index contributed by atoms with van der Waals surface area (Å²) in [6.07, 6.45) is 2.69. The zero-order chi connectivity index (χ0) is 9.68. The quantitative estimate of drug-likeness (QED) is 0.528. The molecule has 1 nitrogen and oxygen atoms in total. The number of hydrogen-bond donors (Lipinski definition) is 0. The molecule has 1 aromatic rings. The molecule has 0 heterocycles. The van der Waals surface area contributed by atoms with Crippen LogP contribution in [0, 0.1) is 6.92 Å². The SMILES string of the molecule is C=CCCOc1cc(Cl)ccc1C. The molecule has 0 atom stereocenters. The number of ether oxygens (including phenoxy) is 1. The molecule has 0 bridgehead atoms. The summed E-state index contributed by atoms with van der Waals surface area (Å²) in [6.45, 7) is 6.28. The van der Waals surface area contributed by atoms with Crippen molar-refractivity contribution in [3.05, 3.63) is 41.4 Å². The average Bonchev–Trinajstić information content (AvgIpc) is 2.11. The summed E-state index contributed by atoms with van der Waals surface area (Å²) in [7, 11) is 0. The largest absolute Gasteiger partial charge is 0.493 e. The van der Waals surface area contributed by atoms with Crippen LogP contribution in [-0.2, 0) is 0 Å². The van der Waals surface area contributed by atoms with Gasteiger partial charge in [0.25, 0.3) is 0 Å². The summed E-state index contributed by atoms with van der Waals surface area (Å²) < 4.78 is 5.50. The molecule has 0 saturated carbocycles. The highest BCUT2D eigenvalue weighted by molar-refractivity contribution is 6.30. The van der Waals surface area contributed by atoms with Gasteiger partial charge in [-0.1, -0.05) is 23.7 Å². The lowest BCUT2D eigenvalue weighted by molar-refractivity contribution is 0.323. The molecular formula is C11H13ClO. The van der Waals surface area contributed by atoms with Crippen molar-refractivity contribution in [3.63, 3.8) is 0 Å². The van der Waals surface area contributed by atoms with Gasteiger partial charge in [0.2, 0.25) is 0 Å². The van der Waals surface area contributed by atoms with Gasteiger partial charge in [0.05, 0.1) is 6.61 Å². The number of halogens is 1. The van der Waals surface area contributed by atoms with Crippen molar-refractivity contribution in [2.24, 2.45) is 0 Å². The Hall–Kier alpha value is -0.950. The van der Waals surface area contributed by atoms with Gasteiger partial charge in [0.1, 0.15) is 5.75 Å². The summed E-state index contributed by atoms with van der Waals surface area (Å²) in [6, 6.07) is 5.64. The van der Waals surface area contributed by atoms with Crippen LogP contribution in [-0.4, -0.2) is 6.61 Å². The van der Waals surface area contributed by atoms with Crippen molar-refractivity contribution < 1.29 is 4.74 Å². The van der Waals surface area contributed by atoms with Crippen LogP contribution in [0.3, 0.4) is 0 Å². The Morgan fingerprint density at radius 2 is 2.31 bits per heavy atom. The summed E-state index contributed by atoms with van der Waals surface area (Å²) in [5, 5.41) is 0.708. The van der Waals surface area contributed by atoms with E-state index >= 15 is 0 Å². The first-order chi connectivity index (χ1) is 6.24. The Morgan fingerprint density at radius 3 is 3.00 bits per heavy atom. The van der Waals surface area contributed by atoms with Gasteiger partial charge in [-0.15, -0.1) is 6.58 Å². The molecule has 2 heteroatoms. The van der Waals surface area contributed by atoms with Gasteiger partial charge in [0.15, 0.2) is 0 Å². The van der Waals surface area contributed by atoms with Gasteiger partial charge in [0, 0.05) is 5.02 Å². The third-order valence-electron chi connectivity index (χ3n) is 1.73. The van der Waals surface area contributed by atoms with Crippen LogP contribution in [0.25, 0.3) is 0 Å². The van der Waals surface area contributed by atoms with Crippen LogP contribution in [0.4, 0.5) is 0 Å². The van der Waals surface area contributed by atoms with E-state index < -0.39 is 0 Å². The van der Waals surface area contributed by atoms with E-state index in [-0.39, 0.29) is 0 Å². The van der Waals surface area contributed by atoms with Gasteiger partial charge in [-0.05, 0) is 31.0 Å². The Kier molecular flexibility index (Phi) is 3.84. The minimum atomic E-state index is 0.657. The second-order valence-corrected chi connectivity index (χ2v) is 3.27. The normalized spacial score (nSPS) is 9.69. The molecule has 0 aromatic heterocycles. The molecule has 0 unspecified atom stereocenters. The molecule has 13 heavy (non-hydrogen) atoms. The highest BCUT2D eigenvalue weighted by Crippen LogP contribution is 2.22. The minimum absolute atomic E-state index is 0.657. The minimum Gasteiger partial charge on any atom is -0.493 e. The average molecular weight is 197 g/mol. The Morgan fingerprint density at radius 1 is 1.54 bits per heavy atom. The van der Waals surface area contributed by atoms with E-state index in [4.69, 9.17) is 16.3 Å². The fourth-order valence-electron chi connectivity index (χ4n) is 0.982. The van der Waals surface area contributed by atoms with E-state index in [1.807, 2.05) is 31.2 Å². The summed E-state index contributed by atoms with van der Waals surface area (Å²) in [5.74, 6) is 0.856. The Bertz CT molecular complexity index is 294. The summed E-state index contributed by atoms with van der Waals surface area (Å²) in [4.78, 5) is 0. The second kappa shape index (κ2) is 4.93. The second-order valence-electron chi connectivity index (χ2n) is 2.84. The topological polar surface area (TPSA) is 9.23 Å². The predicted octanol–water partition coefficient (Wildman–Crippen LogP) is 3.60. The molecule has 0 N–H and O–H groups in total. The smallest absolute Gasteiger partial charge is 0.123 e. The fourth-order valence-corrected chi connectivity index (χ4v) is 1.14. The zero-order valence-electron chi connectivity index (χ0n) is 7.72. The molecule has 1 rings (SSSR count). The van der Waals surface area contributed by atoms with Crippen molar-refractivity contribution in [1.82, 2.24) is 0 Å². The zero-order valence-corrected chi connectivity index (χ0v) is 8.47. The van der Waals surface area contributed by atoms with Crippen LogP contribution in [0.2, 0.25) is 5.02 Å². The molecule has 0 aliphatic carbocycles. The molecular weight excluding hydrogens is 184 g/mol. The van der Waals surface area contributed by atoms with Gasteiger partial charge in [-0.3, -0.25) is 0 Å². The standard InChI is InChI=1S/C11H13ClO/c1-3-4-7-13-11-8-10(12)6-5-9(11)2/h3,5-6,8H,1,4,7H2,2H3. The Balaban J connectivity index is 2.64. The van der Waals surface area contributed by atoms with Crippen LogP contribution in [0.5, 0.6) is 5.75 Å². The third kappa shape index (κ3) is 3.11. The van der Waals surface area contributed by atoms with Crippen LogP contribution >= 0.6 is 11.6 Å². The third-order valence-corrected chi connectivity index (χ3v) is 1.96. The lowest BCUT2D eigenvalue weighted by atomic mass is 10.2. The molecule has 1 aromatic carbocycles. The molecule has 0 aliphatic rings. The van der Waals surface area contributed by atoms with Crippen molar-refractivity contribution in [1.29, 1.82) is 0 Å². The van der Waals surface area contributed by atoms with Gasteiger partial charge in [-0.2, -0.15) is 0 Å². The number of aryl methyl sites for hydroxylation is 1. The van der Waals surface area contributed by atoms with E-state index in [1.165, 1.54) is 0 Å². The number of benzene rings is 1. The van der Waals surface area contributed by atoms with Crippen molar-refractivity contribution >= 4 is 11.6 Å². The maximum atomic E-state index is 5.83. The summed E-state index contributed by atoms with van der Waals surface area (Å²) in [5.41, 5.74) is 1.11. The summed E-state index contributed by atoms with van der Waals surface area (Å²) >= 11 is 5.83. The van der Waals surface area contributed by atoms with E-state index in [9.17, 15) is 0 Å². The van der Waals surface area contributed by atoms with Crippen molar-refractivity contribution in [2.75, 3.05) is 6.61 Å². The molecule has 0 aliphatic heterocycles. The monoisotopic (exact) mass is 196 g/mol. The first-order valence-corrected chi connectivity index (χ1v) is 4.61. The maximum absolute atomic E-state index is 5.83. The van der Waals surface area contributed by atoms with Crippen molar-refractivity contribution in [3.8, 4) is 5.75 Å². The fraction of sp³-hybridized carbons (Fsp3) is 0.273. The predicted molar refractivity (Wildman–Crippen MR) is 56.5 cm³/mol. The highest BCUT2D eigenvalue weighted by atomic mass is 35.5. The van der Waals surface area contributed by atoms with Crippen LogP contribution in [0.15, 0.2) is 30.9 Å². The van der Waals surface area contributed by atoms with Gasteiger partial charge in [-0.25, -0.2) is 0 Å².